The van der Waals surface area contributed by atoms with Crippen molar-refractivity contribution in [1.29, 1.82) is 0 Å². The SMILES string of the molecule is C=C(CO)CC(=O)OCCCC. The molecule has 0 heterocycles. The first-order valence-electron chi connectivity index (χ1n) is 4.13. The van der Waals surface area contributed by atoms with Gasteiger partial charge in [0, 0.05) is 0 Å². The first-order chi connectivity index (χ1) is 5.70. The molecular formula is C9H16O3. The molecule has 0 aromatic rings. The van der Waals surface area contributed by atoms with Crippen molar-refractivity contribution in [3.8, 4) is 0 Å². The number of rotatable bonds is 6. The first-order valence-corrected chi connectivity index (χ1v) is 4.13. The normalized spacial score (nSPS) is 9.50. The molecule has 0 radical (unpaired) electrons. The van der Waals surface area contributed by atoms with E-state index in [2.05, 4.69) is 6.58 Å². The minimum atomic E-state index is -0.303. The maximum Gasteiger partial charge on any atom is 0.309 e. The first kappa shape index (κ1) is 11.2. The molecule has 0 aliphatic rings. The third-order valence-electron chi connectivity index (χ3n) is 1.38. The highest BCUT2D eigenvalue weighted by Crippen LogP contribution is 1.99. The number of ether oxygens (including phenoxy) is 1. The van der Waals surface area contributed by atoms with E-state index in [1.54, 1.807) is 0 Å². The molecule has 0 amide bonds. The Hall–Kier alpha value is -0.830. The standard InChI is InChI=1S/C9H16O3/c1-3-4-5-12-9(11)6-8(2)7-10/h10H,2-7H2,1H3. The van der Waals surface area contributed by atoms with E-state index in [0.717, 1.165) is 12.8 Å². The number of esters is 1. The molecule has 0 fully saturated rings. The van der Waals surface area contributed by atoms with Crippen LogP contribution in [-0.4, -0.2) is 24.3 Å². The molecule has 0 saturated carbocycles. The highest BCUT2D eigenvalue weighted by Gasteiger charge is 2.03. The van der Waals surface area contributed by atoms with Gasteiger partial charge in [-0.3, -0.25) is 4.79 Å². The molecule has 3 nitrogen and oxygen atoms in total. The lowest BCUT2D eigenvalue weighted by molar-refractivity contribution is -0.143. The quantitative estimate of drug-likeness (QED) is 0.373. The van der Waals surface area contributed by atoms with Crippen molar-refractivity contribution in [3.63, 3.8) is 0 Å². The Labute approximate surface area is 73.0 Å². The van der Waals surface area contributed by atoms with Crippen LogP contribution in [0.5, 0.6) is 0 Å². The number of aliphatic hydroxyl groups excluding tert-OH is 1. The average molecular weight is 172 g/mol. The van der Waals surface area contributed by atoms with Gasteiger partial charge in [0.1, 0.15) is 0 Å². The van der Waals surface area contributed by atoms with Crippen LogP contribution in [0.1, 0.15) is 26.2 Å². The average Bonchev–Trinajstić information content (AvgIpc) is 2.05. The van der Waals surface area contributed by atoms with Gasteiger partial charge in [0.15, 0.2) is 0 Å². The highest BCUT2D eigenvalue weighted by atomic mass is 16.5. The molecule has 70 valence electrons. The molecule has 0 bridgehead atoms. The van der Waals surface area contributed by atoms with Crippen molar-refractivity contribution in [3.05, 3.63) is 12.2 Å². The lowest BCUT2D eigenvalue weighted by Gasteiger charge is -2.03. The van der Waals surface area contributed by atoms with Crippen molar-refractivity contribution in [1.82, 2.24) is 0 Å². The molecule has 0 aromatic heterocycles. The summed E-state index contributed by atoms with van der Waals surface area (Å²) in [5, 5.41) is 8.55. The van der Waals surface area contributed by atoms with Crippen molar-refractivity contribution in [2.24, 2.45) is 0 Å². The largest absolute Gasteiger partial charge is 0.465 e. The second-order valence-corrected chi connectivity index (χ2v) is 2.66. The van der Waals surface area contributed by atoms with Gasteiger partial charge >= 0.3 is 5.97 Å². The summed E-state index contributed by atoms with van der Waals surface area (Å²) in [6.45, 7) is 5.84. The summed E-state index contributed by atoms with van der Waals surface area (Å²) in [7, 11) is 0. The monoisotopic (exact) mass is 172 g/mol. The van der Waals surface area contributed by atoms with Crippen molar-refractivity contribution in [2.45, 2.75) is 26.2 Å². The molecule has 0 atom stereocenters. The maximum absolute atomic E-state index is 10.9. The number of hydrogen-bond donors (Lipinski definition) is 1. The topological polar surface area (TPSA) is 46.5 Å². The predicted octanol–water partition coefficient (Wildman–Crippen LogP) is 1.27. The summed E-state index contributed by atoms with van der Waals surface area (Å²) >= 11 is 0. The van der Waals surface area contributed by atoms with Gasteiger partial charge in [-0.2, -0.15) is 0 Å². The van der Waals surface area contributed by atoms with Crippen LogP contribution in [0.3, 0.4) is 0 Å². The Morgan fingerprint density at radius 2 is 2.25 bits per heavy atom. The summed E-state index contributed by atoms with van der Waals surface area (Å²) in [5.74, 6) is -0.303. The van der Waals surface area contributed by atoms with Gasteiger partial charge < -0.3 is 9.84 Å². The molecule has 0 rings (SSSR count). The third-order valence-corrected chi connectivity index (χ3v) is 1.38. The van der Waals surface area contributed by atoms with Crippen LogP contribution >= 0.6 is 0 Å². The fourth-order valence-corrected chi connectivity index (χ4v) is 0.641. The number of carbonyl (C=O) groups excluding carboxylic acids is 1. The number of aliphatic hydroxyl groups is 1. The summed E-state index contributed by atoms with van der Waals surface area (Å²) in [6.07, 6.45) is 2.02. The zero-order chi connectivity index (χ0) is 9.40. The highest BCUT2D eigenvalue weighted by molar-refractivity contribution is 5.72. The summed E-state index contributed by atoms with van der Waals surface area (Å²) < 4.78 is 4.84. The molecule has 0 saturated heterocycles. The number of hydrogen-bond acceptors (Lipinski definition) is 3. The zero-order valence-corrected chi connectivity index (χ0v) is 7.51. The van der Waals surface area contributed by atoms with E-state index in [1.807, 2.05) is 6.92 Å². The molecular weight excluding hydrogens is 156 g/mol. The van der Waals surface area contributed by atoms with E-state index < -0.39 is 0 Å². The fraction of sp³-hybridized carbons (Fsp3) is 0.667. The van der Waals surface area contributed by atoms with Crippen molar-refractivity contribution < 1.29 is 14.6 Å². The Morgan fingerprint density at radius 1 is 1.58 bits per heavy atom. The fourth-order valence-electron chi connectivity index (χ4n) is 0.641. The molecule has 0 unspecified atom stereocenters. The Morgan fingerprint density at radius 3 is 2.75 bits per heavy atom. The zero-order valence-electron chi connectivity index (χ0n) is 7.51. The van der Waals surface area contributed by atoms with Crippen LogP contribution in [0.2, 0.25) is 0 Å². The number of unbranched alkanes of at least 4 members (excludes halogenated alkanes) is 1. The van der Waals surface area contributed by atoms with Crippen LogP contribution < -0.4 is 0 Å². The summed E-state index contributed by atoms with van der Waals surface area (Å²) in [4.78, 5) is 10.9. The molecule has 12 heavy (non-hydrogen) atoms. The van der Waals surface area contributed by atoms with E-state index in [1.165, 1.54) is 0 Å². The molecule has 0 aliphatic carbocycles. The minimum Gasteiger partial charge on any atom is -0.465 e. The third kappa shape index (κ3) is 5.92. The van der Waals surface area contributed by atoms with Crippen LogP contribution in [-0.2, 0) is 9.53 Å². The van der Waals surface area contributed by atoms with E-state index in [4.69, 9.17) is 9.84 Å². The lowest BCUT2D eigenvalue weighted by atomic mass is 10.2. The molecule has 3 heteroatoms. The van der Waals surface area contributed by atoms with Gasteiger partial charge in [-0.15, -0.1) is 0 Å². The lowest BCUT2D eigenvalue weighted by Crippen LogP contribution is -2.07. The van der Waals surface area contributed by atoms with Crippen molar-refractivity contribution >= 4 is 5.97 Å². The molecule has 0 aliphatic heterocycles. The molecule has 0 spiro atoms. The van der Waals surface area contributed by atoms with Gasteiger partial charge in [0.2, 0.25) is 0 Å². The Kier molecular flexibility index (Phi) is 6.38. The van der Waals surface area contributed by atoms with Crippen LogP contribution in [0, 0.1) is 0 Å². The van der Waals surface area contributed by atoms with E-state index in [0.29, 0.717) is 12.2 Å². The van der Waals surface area contributed by atoms with E-state index in [-0.39, 0.29) is 19.0 Å². The van der Waals surface area contributed by atoms with E-state index >= 15 is 0 Å². The van der Waals surface area contributed by atoms with E-state index in [9.17, 15) is 4.79 Å². The van der Waals surface area contributed by atoms with Gasteiger partial charge in [-0.05, 0) is 12.0 Å². The Bertz CT molecular complexity index is 152. The summed E-state index contributed by atoms with van der Waals surface area (Å²) in [6, 6.07) is 0. The van der Waals surface area contributed by atoms with Gasteiger partial charge in [-0.1, -0.05) is 19.9 Å². The van der Waals surface area contributed by atoms with Crippen LogP contribution in [0.15, 0.2) is 12.2 Å². The predicted molar refractivity (Wildman–Crippen MR) is 46.7 cm³/mol. The maximum atomic E-state index is 10.9. The smallest absolute Gasteiger partial charge is 0.309 e. The minimum absolute atomic E-state index is 0.125. The molecule has 1 N–H and O–H groups in total. The van der Waals surface area contributed by atoms with Crippen molar-refractivity contribution in [2.75, 3.05) is 13.2 Å². The van der Waals surface area contributed by atoms with Crippen LogP contribution in [0.25, 0.3) is 0 Å². The molecule has 0 aromatic carbocycles. The second kappa shape index (κ2) is 6.85. The Balaban J connectivity index is 3.40. The number of carbonyl (C=O) groups is 1. The van der Waals surface area contributed by atoms with Crippen LogP contribution in [0.4, 0.5) is 0 Å². The van der Waals surface area contributed by atoms with Gasteiger partial charge in [0.05, 0.1) is 19.6 Å². The second-order valence-electron chi connectivity index (χ2n) is 2.66. The van der Waals surface area contributed by atoms with Gasteiger partial charge in [0.25, 0.3) is 0 Å². The van der Waals surface area contributed by atoms with Gasteiger partial charge in [-0.25, -0.2) is 0 Å². The summed E-state index contributed by atoms with van der Waals surface area (Å²) in [5.41, 5.74) is 0.497.